The second kappa shape index (κ2) is 13.7. The molecule has 4 aromatic rings. The number of ether oxygens (including phenoxy) is 3. The lowest BCUT2D eigenvalue weighted by molar-refractivity contribution is -0.186. The SMILES string of the molecule is Cc1ccc2c(=O)n(CCC(CC(=O)c3ccc(OC(=O)c4ccccc4)cc3)(C(=O)OC(C)(C)C)C(=O)OC(C)(C)C)nnc2c1. The maximum atomic E-state index is 14.0. The number of aromatic nitrogens is 3. The van der Waals surface area contributed by atoms with E-state index in [2.05, 4.69) is 10.3 Å². The zero-order valence-electron chi connectivity index (χ0n) is 27.7. The van der Waals surface area contributed by atoms with Gasteiger partial charge in [0.25, 0.3) is 5.56 Å². The Balaban J connectivity index is 1.69. The molecule has 0 N–H and O–H groups in total. The summed E-state index contributed by atoms with van der Waals surface area (Å²) in [6.45, 7) is 11.5. The van der Waals surface area contributed by atoms with E-state index in [9.17, 15) is 24.0 Å². The van der Waals surface area contributed by atoms with Crippen molar-refractivity contribution in [3.05, 3.63) is 99.8 Å². The fourth-order valence-corrected chi connectivity index (χ4v) is 4.73. The van der Waals surface area contributed by atoms with Crippen molar-refractivity contribution in [1.29, 1.82) is 0 Å². The summed E-state index contributed by atoms with van der Waals surface area (Å²) >= 11 is 0. The summed E-state index contributed by atoms with van der Waals surface area (Å²) in [6, 6.07) is 19.3. The van der Waals surface area contributed by atoms with E-state index in [1.165, 1.54) is 24.3 Å². The molecule has 1 aromatic heterocycles. The number of carbonyl (C=O) groups is 4. The molecule has 3 aromatic carbocycles. The minimum atomic E-state index is -2.15. The van der Waals surface area contributed by atoms with Crippen LogP contribution in [0.4, 0.5) is 0 Å². The highest BCUT2D eigenvalue weighted by molar-refractivity contribution is 6.08. The molecule has 0 atom stereocenters. The number of hydrogen-bond acceptors (Lipinski definition) is 10. The van der Waals surface area contributed by atoms with Crippen molar-refractivity contribution in [3.63, 3.8) is 0 Å². The number of aryl methyl sites for hydroxylation is 2. The molecule has 11 nitrogen and oxygen atoms in total. The van der Waals surface area contributed by atoms with Gasteiger partial charge in [0.05, 0.1) is 10.9 Å². The number of nitrogens with zero attached hydrogens (tertiary/aromatic N) is 3. The molecule has 0 saturated heterocycles. The van der Waals surface area contributed by atoms with Crippen LogP contribution in [0.2, 0.25) is 0 Å². The molecule has 0 spiro atoms. The highest BCUT2D eigenvalue weighted by Crippen LogP contribution is 2.36. The Labute approximate surface area is 272 Å². The summed E-state index contributed by atoms with van der Waals surface area (Å²) in [5, 5.41) is 8.50. The summed E-state index contributed by atoms with van der Waals surface area (Å²) in [4.78, 5) is 67.6. The van der Waals surface area contributed by atoms with Gasteiger partial charge in [-0.3, -0.25) is 19.2 Å². The Morgan fingerprint density at radius 1 is 0.766 bits per heavy atom. The highest BCUT2D eigenvalue weighted by Gasteiger charge is 2.52. The second-order valence-electron chi connectivity index (χ2n) is 13.4. The van der Waals surface area contributed by atoms with Crippen molar-refractivity contribution in [2.45, 2.75) is 79.1 Å². The van der Waals surface area contributed by atoms with E-state index in [-0.39, 0.29) is 24.3 Å². The molecule has 0 aliphatic rings. The minimum Gasteiger partial charge on any atom is -0.459 e. The van der Waals surface area contributed by atoms with E-state index in [1.54, 1.807) is 90.1 Å². The van der Waals surface area contributed by atoms with E-state index >= 15 is 0 Å². The van der Waals surface area contributed by atoms with Crippen molar-refractivity contribution in [2.75, 3.05) is 0 Å². The molecule has 0 bridgehead atoms. The second-order valence-corrected chi connectivity index (χ2v) is 13.4. The van der Waals surface area contributed by atoms with Gasteiger partial charge in [-0.05, 0) is 109 Å². The number of esters is 3. The molecule has 11 heteroatoms. The van der Waals surface area contributed by atoms with Gasteiger partial charge in [-0.15, -0.1) is 5.10 Å². The van der Waals surface area contributed by atoms with Gasteiger partial charge < -0.3 is 14.2 Å². The number of ketones is 1. The van der Waals surface area contributed by atoms with Gasteiger partial charge in [0.1, 0.15) is 22.5 Å². The van der Waals surface area contributed by atoms with Crippen molar-refractivity contribution < 1.29 is 33.4 Å². The lowest BCUT2D eigenvalue weighted by Gasteiger charge is -2.34. The number of rotatable bonds is 10. The monoisotopic (exact) mass is 641 g/mol. The van der Waals surface area contributed by atoms with Crippen LogP contribution in [0.5, 0.6) is 5.75 Å². The first-order valence-electron chi connectivity index (χ1n) is 15.2. The normalized spacial score (nSPS) is 12.0. The Hall–Kier alpha value is -5.19. The molecular formula is C36H39N3O8. The van der Waals surface area contributed by atoms with Crippen molar-refractivity contribution in [1.82, 2.24) is 15.0 Å². The highest BCUT2D eigenvalue weighted by atomic mass is 16.6. The Morgan fingerprint density at radius 3 is 1.94 bits per heavy atom. The van der Waals surface area contributed by atoms with Crippen LogP contribution in [0.15, 0.2) is 77.6 Å². The van der Waals surface area contributed by atoms with Gasteiger partial charge in [0.15, 0.2) is 11.2 Å². The first kappa shape index (κ1) is 34.7. The van der Waals surface area contributed by atoms with Gasteiger partial charge >= 0.3 is 17.9 Å². The number of carbonyl (C=O) groups excluding carboxylic acids is 4. The Kier molecular flexibility index (Phi) is 10.1. The third-order valence-electron chi connectivity index (χ3n) is 7.07. The number of Topliss-reactive ketones (excluding diaryl/α,β-unsaturated/α-hetero) is 1. The summed E-state index contributed by atoms with van der Waals surface area (Å²) in [7, 11) is 0. The van der Waals surface area contributed by atoms with Crippen molar-refractivity contribution >= 4 is 34.6 Å². The molecule has 0 aliphatic heterocycles. The smallest absolute Gasteiger partial charge is 0.343 e. The molecule has 1 heterocycles. The number of hydrogen-bond donors (Lipinski definition) is 0. The fraction of sp³-hybridized carbons (Fsp3) is 0.361. The predicted octanol–water partition coefficient (Wildman–Crippen LogP) is 5.65. The quantitative estimate of drug-likeness (QED) is 0.0922. The zero-order valence-corrected chi connectivity index (χ0v) is 27.7. The van der Waals surface area contributed by atoms with Gasteiger partial charge in [-0.1, -0.05) is 29.5 Å². The van der Waals surface area contributed by atoms with Crippen LogP contribution in [-0.4, -0.2) is 49.9 Å². The standard InChI is InChI=1S/C36H39N3O8/c1-23-13-18-27-28(21-23)37-38-39(30(27)41)20-19-36(32(43)46-34(2,3)4,33(44)47-35(5,6)7)22-29(40)24-14-16-26(17-15-24)45-31(42)25-11-9-8-10-12-25/h8-18,21H,19-20,22H2,1-7H3. The fourth-order valence-electron chi connectivity index (χ4n) is 4.73. The van der Waals surface area contributed by atoms with Gasteiger partial charge in [0, 0.05) is 18.5 Å². The summed E-state index contributed by atoms with van der Waals surface area (Å²) in [6.07, 6.45) is -0.976. The maximum Gasteiger partial charge on any atom is 0.343 e. The third kappa shape index (κ3) is 8.75. The van der Waals surface area contributed by atoms with Crippen molar-refractivity contribution in [3.8, 4) is 5.75 Å². The van der Waals surface area contributed by atoms with E-state index in [0.717, 1.165) is 10.2 Å². The average Bonchev–Trinajstić information content (AvgIpc) is 2.99. The van der Waals surface area contributed by atoms with Crippen LogP contribution in [0.3, 0.4) is 0 Å². The molecule has 0 radical (unpaired) electrons. The summed E-state index contributed by atoms with van der Waals surface area (Å²) in [5.41, 5.74) is -2.84. The van der Waals surface area contributed by atoms with E-state index in [1.807, 2.05) is 6.92 Å². The third-order valence-corrected chi connectivity index (χ3v) is 7.07. The lowest BCUT2D eigenvalue weighted by Crippen LogP contribution is -2.49. The average molecular weight is 642 g/mol. The minimum absolute atomic E-state index is 0.152. The van der Waals surface area contributed by atoms with Crippen LogP contribution in [-0.2, 0) is 25.6 Å². The molecule has 47 heavy (non-hydrogen) atoms. The number of fused-ring (bicyclic) bond motifs is 1. The van der Waals surface area contributed by atoms with Crippen LogP contribution >= 0.6 is 0 Å². The molecule has 0 aliphatic carbocycles. The van der Waals surface area contributed by atoms with Crippen LogP contribution in [0.25, 0.3) is 10.9 Å². The van der Waals surface area contributed by atoms with Crippen LogP contribution < -0.4 is 10.3 Å². The first-order chi connectivity index (χ1) is 22.0. The zero-order chi connectivity index (χ0) is 34.6. The molecule has 0 saturated carbocycles. The number of benzene rings is 3. The summed E-state index contributed by atoms with van der Waals surface area (Å²) < 4.78 is 17.9. The molecule has 0 unspecified atom stereocenters. The Bertz CT molecular complexity index is 1820. The van der Waals surface area contributed by atoms with Gasteiger partial charge in [-0.2, -0.15) is 0 Å². The van der Waals surface area contributed by atoms with E-state index in [0.29, 0.717) is 16.5 Å². The predicted molar refractivity (Wildman–Crippen MR) is 174 cm³/mol. The van der Waals surface area contributed by atoms with Crippen LogP contribution in [0.1, 0.15) is 80.7 Å². The molecule has 4 rings (SSSR count). The van der Waals surface area contributed by atoms with Gasteiger partial charge in [0.2, 0.25) is 0 Å². The van der Waals surface area contributed by atoms with Gasteiger partial charge in [-0.25, -0.2) is 9.48 Å². The van der Waals surface area contributed by atoms with Crippen LogP contribution in [0, 0.1) is 12.3 Å². The molecule has 0 fully saturated rings. The largest absolute Gasteiger partial charge is 0.459 e. The first-order valence-corrected chi connectivity index (χ1v) is 15.2. The Morgan fingerprint density at radius 2 is 1.36 bits per heavy atom. The maximum absolute atomic E-state index is 14.0. The topological polar surface area (TPSA) is 144 Å². The molecular weight excluding hydrogens is 602 g/mol. The molecule has 246 valence electrons. The summed E-state index contributed by atoms with van der Waals surface area (Å²) in [5.74, 6) is -2.89. The lowest BCUT2D eigenvalue weighted by atomic mass is 9.78. The molecule has 0 amide bonds. The van der Waals surface area contributed by atoms with E-state index < -0.39 is 52.3 Å². The van der Waals surface area contributed by atoms with Crippen molar-refractivity contribution in [2.24, 2.45) is 5.41 Å². The van der Waals surface area contributed by atoms with E-state index in [4.69, 9.17) is 14.2 Å².